The zero-order valence-electron chi connectivity index (χ0n) is 16.9. The van der Waals surface area contributed by atoms with E-state index in [2.05, 4.69) is 17.1 Å². The third-order valence-electron chi connectivity index (χ3n) is 6.06. The summed E-state index contributed by atoms with van der Waals surface area (Å²) in [6.45, 7) is 2.25. The fourth-order valence-corrected chi connectivity index (χ4v) is 4.65. The summed E-state index contributed by atoms with van der Waals surface area (Å²) in [7, 11) is 1.60. The van der Waals surface area contributed by atoms with E-state index in [1.54, 1.807) is 19.2 Å². The Morgan fingerprint density at radius 2 is 1.97 bits per heavy atom. The Morgan fingerprint density at radius 3 is 2.63 bits per heavy atom. The number of methoxy groups -OCH3 is 1. The van der Waals surface area contributed by atoms with Gasteiger partial charge in [0, 0.05) is 44.8 Å². The molecule has 0 bridgehead atoms. The lowest BCUT2D eigenvalue weighted by molar-refractivity contribution is -0.133. The predicted octanol–water partition coefficient (Wildman–Crippen LogP) is 2.26. The molecule has 3 atom stereocenters. The van der Waals surface area contributed by atoms with Crippen LogP contribution in [0.5, 0.6) is 0 Å². The van der Waals surface area contributed by atoms with Gasteiger partial charge in [0.1, 0.15) is 11.8 Å². The maximum Gasteiger partial charge on any atom is 0.255 e. The highest BCUT2D eigenvalue weighted by Crippen LogP contribution is 2.45. The van der Waals surface area contributed by atoms with Crippen LogP contribution in [-0.4, -0.2) is 59.9 Å². The Morgan fingerprint density at radius 1 is 1.17 bits per heavy atom. The zero-order chi connectivity index (χ0) is 21.1. The first-order valence-corrected chi connectivity index (χ1v) is 10.1. The number of ether oxygens (including phenoxy) is 1. The van der Waals surface area contributed by atoms with Crippen LogP contribution in [0.3, 0.4) is 0 Å². The zero-order valence-corrected chi connectivity index (χ0v) is 16.9. The number of nitriles is 1. The molecule has 0 spiro atoms. The summed E-state index contributed by atoms with van der Waals surface area (Å²) in [5, 5.41) is 8.90. The molecule has 2 fully saturated rings. The Labute approximate surface area is 175 Å². The van der Waals surface area contributed by atoms with Crippen molar-refractivity contribution in [3.8, 4) is 6.07 Å². The van der Waals surface area contributed by atoms with E-state index in [1.807, 2.05) is 34.1 Å². The molecule has 7 nitrogen and oxygen atoms in total. The second-order valence-electron chi connectivity index (χ2n) is 7.82. The third-order valence-corrected chi connectivity index (χ3v) is 6.06. The number of likely N-dealkylation sites (tertiary alicyclic amines) is 2. The van der Waals surface area contributed by atoms with E-state index in [-0.39, 0.29) is 29.7 Å². The topological polar surface area (TPSA) is 86.5 Å². The molecule has 1 aromatic heterocycles. The highest BCUT2D eigenvalue weighted by atomic mass is 16.5. The Kier molecular flexibility index (Phi) is 5.77. The maximum atomic E-state index is 13.0. The van der Waals surface area contributed by atoms with Crippen LogP contribution >= 0.6 is 0 Å². The molecule has 2 saturated heterocycles. The number of pyridine rings is 1. The van der Waals surface area contributed by atoms with Gasteiger partial charge in [0.25, 0.3) is 5.91 Å². The van der Waals surface area contributed by atoms with Gasteiger partial charge in [-0.1, -0.05) is 30.3 Å². The molecule has 7 heteroatoms. The summed E-state index contributed by atoms with van der Waals surface area (Å²) in [6, 6.07) is 15.2. The van der Waals surface area contributed by atoms with Crippen LogP contribution in [0, 0.1) is 23.2 Å². The lowest BCUT2D eigenvalue weighted by Gasteiger charge is -2.30. The maximum absolute atomic E-state index is 13.0. The lowest BCUT2D eigenvalue weighted by atomic mass is 9.89. The second kappa shape index (κ2) is 8.64. The molecule has 1 aromatic carbocycles. The smallest absolute Gasteiger partial charge is 0.255 e. The van der Waals surface area contributed by atoms with Crippen molar-refractivity contribution in [2.45, 2.75) is 12.5 Å². The largest absolute Gasteiger partial charge is 0.384 e. The van der Waals surface area contributed by atoms with Gasteiger partial charge in [-0.15, -0.1) is 0 Å². The lowest BCUT2D eigenvalue weighted by Crippen LogP contribution is -2.37. The van der Waals surface area contributed by atoms with Gasteiger partial charge >= 0.3 is 0 Å². The summed E-state index contributed by atoms with van der Waals surface area (Å²) < 4.78 is 5.09. The Balaban J connectivity index is 1.54. The van der Waals surface area contributed by atoms with Crippen LogP contribution < -0.4 is 0 Å². The Hall–Kier alpha value is -3.24. The minimum Gasteiger partial charge on any atom is -0.384 e. The molecule has 0 N–H and O–H groups in total. The van der Waals surface area contributed by atoms with Gasteiger partial charge in [-0.25, -0.2) is 4.98 Å². The molecule has 0 unspecified atom stereocenters. The van der Waals surface area contributed by atoms with Gasteiger partial charge in [0.2, 0.25) is 5.91 Å². The first-order chi connectivity index (χ1) is 14.6. The van der Waals surface area contributed by atoms with Gasteiger partial charge < -0.3 is 14.5 Å². The van der Waals surface area contributed by atoms with Crippen molar-refractivity contribution >= 4 is 11.8 Å². The van der Waals surface area contributed by atoms with Crippen molar-refractivity contribution in [1.82, 2.24) is 14.8 Å². The molecule has 0 aliphatic carbocycles. The van der Waals surface area contributed by atoms with Gasteiger partial charge in [0.15, 0.2) is 0 Å². The molecule has 2 aromatic rings. The van der Waals surface area contributed by atoms with Gasteiger partial charge in [-0.2, -0.15) is 5.26 Å². The number of rotatable bonds is 5. The summed E-state index contributed by atoms with van der Waals surface area (Å²) in [4.78, 5) is 33.7. The van der Waals surface area contributed by atoms with Crippen LogP contribution in [-0.2, 0) is 9.53 Å². The molecule has 0 saturated carbocycles. The number of hydrogen-bond donors (Lipinski definition) is 0. The first kappa shape index (κ1) is 20.0. The van der Waals surface area contributed by atoms with E-state index in [0.717, 1.165) is 5.56 Å². The second-order valence-corrected chi connectivity index (χ2v) is 7.82. The third kappa shape index (κ3) is 3.79. The van der Waals surface area contributed by atoms with Gasteiger partial charge in [0.05, 0.1) is 24.6 Å². The van der Waals surface area contributed by atoms with E-state index < -0.39 is 0 Å². The molecule has 30 heavy (non-hydrogen) atoms. The van der Waals surface area contributed by atoms with E-state index >= 15 is 0 Å². The average Bonchev–Trinajstić information content (AvgIpc) is 3.36. The summed E-state index contributed by atoms with van der Waals surface area (Å²) in [5.74, 6) is 0.436. The number of fused-ring (bicyclic) bond motifs is 1. The molecule has 4 rings (SSSR count). The molecule has 154 valence electrons. The number of carbonyl (C=O) groups is 2. The quantitative estimate of drug-likeness (QED) is 0.763. The van der Waals surface area contributed by atoms with Crippen molar-refractivity contribution in [2.24, 2.45) is 11.8 Å². The van der Waals surface area contributed by atoms with Crippen molar-refractivity contribution < 1.29 is 14.3 Å². The van der Waals surface area contributed by atoms with E-state index in [9.17, 15) is 9.59 Å². The highest BCUT2D eigenvalue weighted by molar-refractivity contribution is 5.94. The molecule has 2 amide bonds. The van der Waals surface area contributed by atoms with Crippen LogP contribution in [0.1, 0.15) is 34.1 Å². The van der Waals surface area contributed by atoms with Crippen molar-refractivity contribution in [1.29, 1.82) is 5.26 Å². The number of nitrogens with zero attached hydrogens (tertiary/aromatic N) is 4. The van der Waals surface area contributed by atoms with Crippen molar-refractivity contribution in [3.05, 3.63) is 65.5 Å². The SMILES string of the molecule is COCCC(=O)N1C[C@@H]2CN(C(=O)c3ccc(C#N)nc3)C[C@@H]2[C@@H]1c1ccccc1. The Bertz CT molecular complexity index is 955. The van der Waals surface area contributed by atoms with Crippen LogP contribution in [0.2, 0.25) is 0 Å². The fourth-order valence-electron chi connectivity index (χ4n) is 4.65. The molecule has 2 aliphatic heterocycles. The number of carbonyl (C=O) groups excluding carboxylic acids is 2. The summed E-state index contributed by atoms with van der Waals surface area (Å²) in [6.07, 6.45) is 1.82. The minimum absolute atomic E-state index is 0.0440. The normalized spacial score (nSPS) is 22.6. The van der Waals surface area contributed by atoms with Crippen molar-refractivity contribution in [2.75, 3.05) is 33.4 Å². The van der Waals surface area contributed by atoms with Crippen molar-refractivity contribution in [3.63, 3.8) is 0 Å². The fraction of sp³-hybridized carbons (Fsp3) is 0.391. The number of amides is 2. The molecular formula is C23H24N4O3. The van der Waals surface area contributed by atoms with Crippen LogP contribution in [0.4, 0.5) is 0 Å². The number of aromatic nitrogens is 1. The molecule has 0 radical (unpaired) electrons. The first-order valence-electron chi connectivity index (χ1n) is 10.1. The van der Waals surface area contributed by atoms with E-state index in [4.69, 9.17) is 10.00 Å². The predicted molar refractivity (Wildman–Crippen MR) is 109 cm³/mol. The van der Waals surface area contributed by atoms with Crippen LogP contribution in [0.25, 0.3) is 0 Å². The van der Waals surface area contributed by atoms with E-state index in [0.29, 0.717) is 43.9 Å². The minimum atomic E-state index is -0.0783. The molecule has 3 heterocycles. The summed E-state index contributed by atoms with van der Waals surface area (Å²) in [5.41, 5.74) is 1.88. The number of hydrogen-bond acceptors (Lipinski definition) is 5. The van der Waals surface area contributed by atoms with Gasteiger partial charge in [-0.05, 0) is 17.7 Å². The average molecular weight is 404 g/mol. The molecular weight excluding hydrogens is 380 g/mol. The van der Waals surface area contributed by atoms with Crippen LogP contribution in [0.15, 0.2) is 48.7 Å². The molecule has 2 aliphatic rings. The number of benzene rings is 1. The standard InChI is InChI=1S/C23H24N4O3/c1-30-10-9-21(28)27-14-18-13-26(23(29)17-7-8-19(11-24)25-12-17)15-20(18)22(27)16-5-3-2-4-6-16/h2-8,12,18,20,22H,9-10,13-15H2,1H3/t18-,20-,22-/m0/s1. The summed E-state index contributed by atoms with van der Waals surface area (Å²) >= 11 is 0. The van der Waals surface area contributed by atoms with E-state index in [1.165, 1.54) is 6.20 Å². The van der Waals surface area contributed by atoms with Gasteiger partial charge in [-0.3, -0.25) is 9.59 Å². The monoisotopic (exact) mass is 404 g/mol. The highest BCUT2D eigenvalue weighted by Gasteiger charge is 2.49.